The first-order valence-electron chi connectivity index (χ1n) is 20.0. The second-order valence-electron chi connectivity index (χ2n) is 17.7. The van der Waals surface area contributed by atoms with Gasteiger partial charge >= 0.3 is 30.0 Å². The number of aromatic amines is 1. The quantitative estimate of drug-likeness (QED) is 0.0775. The molecule has 3 aromatic rings. The number of alkyl halides is 3. The van der Waals surface area contributed by atoms with E-state index < -0.39 is 76.6 Å². The van der Waals surface area contributed by atoms with Crippen LogP contribution >= 0.6 is 0 Å². The van der Waals surface area contributed by atoms with Crippen molar-refractivity contribution in [2.24, 2.45) is 5.92 Å². The third-order valence-corrected chi connectivity index (χ3v) is 8.51. The van der Waals surface area contributed by atoms with Crippen LogP contribution in [0, 0.1) is 5.92 Å². The normalized spacial score (nSPS) is 13.2. The topological polar surface area (TPSA) is 243 Å². The van der Waals surface area contributed by atoms with E-state index >= 15 is 0 Å². The number of Topliss-reactive ketones (excluding diaryl/α,β-unsaturated/α-hetero) is 1. The Morgan fingerprint density at radius 3 is 1.97 bits per heavy atom. The number of rotatable bonds is 18. The molecule has 2 amide bonds. The molecular formula is C42H56F3N7O10. The Bertz CT molecular complexity index is 2160. The van der Waals surface area contributed by atoms with Gasteiger partial charge in [-0.05, 0) is 106 Å². The minimum Gasteiger partial charge on any atom is -0.460 e. The van der Waals surface area contributed by atoms with E-state index in [0.29, 0.717) is 30.6 Å². The number of benzene rings is 1. The van der Waals surface area contributed by atoms with Crippen molar-refractivity contribution in [2.75, 3.05) is 10.6 Å². The molecule has 0 radical (unpaired) electrons. The number of ether oxygens (including phenoxy) is 3. The van der Waals surface area contributed by atoms with Crippen LogP contribution in [0.15, 0.2) is 35.3 Å². The second kappa shape index (κ2) is 20.7. The monoisotopic (exact) mass is 875 g/mol. The maximum absolute atomic E-state index is 13.8. The van der Waals surface area contributed by atoms with Crippen molar-refractivity contribution in [1.29, 1.82) is 0 Å². The number of unbranched alkanes of at least 4 members (excludes halogenated alkanes) is 2. The smallest absolute Gasteiger partial charge is 0.460 e. The number of amides is 2. The van der Waals surface area contributed by atoms with Gasteiger partial charge in [-0.15, -0.1) is 0 Å². The predicted octanol–water partition coefficient (Wildman–Crippen LogP) is 5.82. The number of aromatic nitrogens is 4. The van der Waals surface area contributed by atoms with Crippen LogP contribution in [0.2, 0.25) is 0 Å². The lowest BCUT2D eigenvalue weighted by molar-refractivity contribution is -0.170. The minimum absolute atomic E-state index is 0.120. The molecule has 340 valence electrons. The summed E-state index contributed by atoms with van der Waals surface area (Å²) < 4.78 is 57.7. The Hall–Kier alpha value is -5.95. The number of hydrogen-bond acceptors (Lipinski definition) is 14. The van der Waals surface area contributed by atoms with Gasteiger partial charge in [-0.1, -0.05) is 12.8 Å². The van der Waals surface area contributed by atoms with Gasteiger partial charge in [0.05, 0.1) is 24.4 Å². The molecule has 1 aromatic carbocycles. The highest BCUT2D eigenvalue weighted by molar-refractivity contribution is 5.99. The molecule has 20 heteroatoms. The zero-order valence-corrected chi connectivity index (χ0v) is 36.5. The number of carbonyl (C=O) groups is 6. The zero-order chi connectivity index (χ0) is 46.8. The molecule has 0 saturated heterocycles. The first kappa shape index (κ1) is 50.4. The minimum atomic E-state index is -5.33. The third kappa shape index (κ3) is 16.8. The largest absolute Gasteiger partial charge is 0.471 e. The molecule has 0 aliphatic carbocycles. The van der Waals surface area contributed by atoms with E-state index in [1.54, 1.807) is 62.3 Å². The zero-order valence-electron chi connectivity index (χ0n) is 36.5. The number of fused-ring (bicyclic) bond motifs is 1. The Morgan fingerprint density at radius 2 is 1.39 bits per heavy atom. The third-order valence-electron chi connectivity index (χ3n) is 8.51. The molecule has 2 aromatic heterocycles. The lowest BCUT2D eigenvalue weighted by Crippen LogP contribution is -2.44. The lowest BCUT2D eigenvalue weighted by atomic mass is 9.93. The highest BCUT2D eigenvalue weighted by atomic mass is 19.4. The number of halogens is 3. The SMILES string of the molecule is CC(C)(C)OC(=O)CCCCC[C@H](CC(=O)CC[C@H](NC(=O)c1ccc(N(Cc2cnc3nc(N)[nH]c(=O)c3n2)C(=O)C(F)(F)F)cc1)C(=O)OC(C)(C)C)C(=O)OC(C)(C)C. The highest BCUT2D eigenvalue weighted by Gasteiger charge is 2.43. The van der Waals surface area contributed by atoms with Crippen LogP contribution in [0.3, 0.4) is 0 Å². The highest BCUT2D eigenvalue weighted by Crippen LogP contribution is 2.27. The Kier molecular flexibility index (Phi) is 16.9. The Morgan fingerprint density at radius 1 is 0.790 bits per heavy atom. The van der Waals surface area contributed by atoms with Crippen molar-refractivity contribution >= 4 is 58.3 Å². The van der Waals surface area contributed by atoms with Crippen LogP contribution in [-0.4, -0.2) is 84.5 Å². The molecule has 17 nitrogen and oxygen atoms in total. The molecule has 2 heterocycles. The van der Waals surface area contributed by atoms with Crippen LogP contribution in [-0.2, 0) is 44.7 Å². The summed E-state index contributed by atoms with van der Waals surface area (Å²) in [5, 5.41) is 2.53. The van der Waals surface area contributed by atoms with Gasteiger partial charge in [0.25, 0.3) is 11.5 Å². The fourth-order valence-electron chi connectivity index (χ4n) is 5.90. The molecule has 0 aliphatic heterocycles. The number of hydrogen-bond donors (Lipinski definition) is 3. The van der Waals surface area contributed by atoms with Crippen LogP contribution < -0.4 is 21.5 Å². The number of anilines is 2. The van der Waals surface area contributed by atoms with Gasteiger partial charge in [0.2, 0.25) is 5.95 Å². The molecule has 0 bridgehead atoms. The Labute approximate surface area is 357 Å². The number of nitrogens with two attached hydrogens (primary N) is 1. The first-order chi connectivity index (χ1) is 28.5. The first-order valence-corrected chi connectivity index (χ1v) is 20.0. The van der Waals surface area contributed by atoms with Crippen molar-refractivity contribution in [2.45, 2.75) is 149 Å². The summed E-state index contributed by atoms with van der Waals surface area (Å²) in [4.78, 5) is 105. The second-order valence-corrected chi connectivity index (χ2v) is 17.7. The van der Waals surface area contributed by atoms with Gasteiger partial charge in [-0.25, -0.2) is 14.8 Å². The lowest BCUT2D eigenvalue weighted by Gasteiger charge is -2.25. The summed E-state index contributed by atoms with van der Waals surface area (Å²) in [5.74, 6) is -6.35. The van der Waals surface area contributed by atoms with Crippen LogP contribution in [0.5, 0.6) is 0 Å². The summed E-state index contributed by atoms with van der Waals surface area (Å²) >= 11 is 0. The summed E-state index contributed by atoms with van der Waals surface area (Å²) in [6.07, 6.45) is -2.86. The van der Waals surface area contributed by atoms with E-state index in [-0.39, 0.29) is 65.7 Å². The Balaban J connectivity index is 1.76. The maximum Gasteiger partial charge on any atom is 0.471 e. The summed E-state index contributed by atoms with van der Waals surface area (Å²) in [5.41, 5.74) is 1.18. The van der Waals surface area contributed by atoms with Gasteiger partial charge in [0.1, 0.15) is 28.6 Å². The van der Waals surface area contributed by atoms with E-state index in [9.17, 15) is 46.7 Å². The van der Waals surface area contributed by atoms with Crippen molar-refractivity contribution in [3.63, 3.8) is 0 Å². The molecule has 0 unspecified atom stereocenters. The summed E-state index contributed by atoms with van der Waals surface area (Å²) in [7, 11) is 0. The molecule has 2 atom stereocenters. The van der Waals surface area contributed by atoms with E-state index in [4.69, 9.17) is 19.9 Å². The molecule has 4 N–H and O–H groups in total. The van der Waals surface area contributed by atoms with E-state index in [0.717, 1.165) is 30.5 Å². The van der Waals surface area contributed by atoms with Crippen molar-refractivity contribution in [1.82, 2.24) is 25.3 Å². The number of nitrogens with zero attached hydrogens (tertiary/aromatic N) is 4. The van der Waals surface area contributed by atoms with Gasteiger partial charge in [0.15, 0.2) is 11.2 Å². The molecule has 0 saturated carbocycles. The average molecular weight is 876 g/mol. The number of esters is 3. The molecule has 0 fully saturated rings. The maximum atomic E-state index is 13.8. The van der Waals surface area contributed by atoms with E-state index in [1.807, 2.05) is 0 Å². The van der Waals surface area contributed by atoms with Crippen molar-refractivity contribution < 1.29 is 56.1 Å². The molecule has 3 rings (SSSR count). The fourth-order valence-corrected chi connectivity index (χ4v) is 5.90. The summed E-state index contributed by atoms with van der Waals surface area (Å²) in [6, 6.07) is 3.04. The van der Waals surface area contributed by atoms with Crippen LogP contribution in [0.25, 0.3) is 11.2 Å². The van der Waals surface area contributed by atoms with Crippen molar-refractivity contribution in [3.8, 4) is 0 Å². The van der Waals surface area contributed by atoms with Crippen molar-refractivity contribution in [3.05, 3.63) is 52.1 Å². The van der Waals surface area contributed by atoms with Gasteiger partial charge in [0, 0.05) is 30.5 Å². The number of H-pyrrole nitrogens is 1. The molecule has 0 spiro atoms. The number of nitrogens with one attached hydrogen (secondary N) is 2. The standard InChI is InChI=1S/C42H56F3N7O10/c1-39(2,3)60-30(54)14-12-10-11-13-25(35(57)61-40(4,5)6)21-28(53)19-20-29(36(58)62-41(7,8)9)49-33(55)24-15-17-27(18-16-24)52(37(59)42(43,44)45)23-26-22-47-32-31(48-26)34(56)51-38(46)50-32/h15-18,22,25,29H,10-14,19-21,23H2,1-9H3,(H,49,55)(H3,46,47,50,51,56)/t25-,29+/m1/s1. The van der Waals surface area contributed by atoms with Gasteiger partial charge < -0.3 is 25.3 Å². The predicted molar refractivity (Wildman–Crippen MR) is 220 cm³/mol. The van der Waals surface area contributed by atoms with Crippen LogP contribution in [0.1, 0.15) is 130 Å². The number of ketones is 1. The molecule has 62 heavy (non-hydrogen) atoms. The fraction of sp³-hybridized carbons (Fsp3) is 0.571. The average Bonchev–Trinajstić information content (AvgIpc) is 3.12. The molecular weight excluding hydrogens is 819 g/mol. The van der Waals surface area contributed by atoms with Gasteiger partial charge in [-0.2, -0.15) is 18.2 Å². The summed E-state index contributed by atoms with van der Waals surface area (Å²) in [6.45, 7) is 14.5. The number of nitrogen functional groups attached to an aromatic ring is 1. The van der Waals surface area contributed by atoms with E-state index in [1.165, 1.54) is 0 Å². The van der Waals surface area contributed by atoms with Crippen LogP contribution in [0.4, 0.5) is 24.8 Å². The number of carbonyl (C=O) groups excluding carboxylic acids is 6. The molecule has 0 aliphatic rings. The van der Waals surface area contributed by atoms with Gasteiger partial charge in [-0.3, -0.25) is 38.7 Å². The van der Waals surface area contributed by atoms with E-state index in [2.05, 4.69) is 25.3 Å².